The zero-order valence-electron chi connectivity index (χ0n) is 11.6. The van der Waals surface area contributed by atoms with Crippen molar-refractivity contribution in [3.05, 3.63) is 58.7 Å². The molecule has 2 nitrogen and oxygen atoms in total. The van der Waals surface area contributed by atoms with Gasteiger partial charge in [-0.25, -0.2) is 0 Å². The van der Waals surface area contributed by atoms with E-state index >= 15 is 0 Å². The number of hydrogen-bond acceptors (Lipinski definition) is 2. The third-order valence-electron chi connectivity index (χ3n) is 3.20. The van der Waals surface area contributed by atoms with E-state index in [0.717, 1.165) is 24.3 Å². The van der Waals surface area contributed by atoms with Crippen LogP contribution in [-0.2, 0) is 12.4 Å². The van der Waals surface area contributed by atoms with Crippen molar-refractivity contribution in [2.45, 2.75) is 12.4 Å². The van der Waals surface area contributed by atoms with Gasteiger partial charge in [-0.2, -0.15) is 36.9 Å². The van der Waals surface area contributed by atoms with Crippen LogP contribution in [0.25, 0.3) is 11.1 Å². The minimum absolute atomic E-state index is 0.326. The number of hydrogen-bond donors (Lipinski definition) is 0. The Morgan fingerprint density at radius 1 is 0.625 bits per heavy atom. The zero-order valence-corrected chi connectivity index (χ0v) is 11.6. The molecular formula is C16H6F6N2. The Kier molecular flexibility index (Phi) is 4.26. The standard InChI is InChI=1S/C16H6F6N2/c17-15(18,19)13-5-9(7-23)1-3-11(13)12-4-2-10(8-24)6-14(12)16(20,21)22/h1-6H. The van der Waals surface area contributed by atoms with Crippen molar-refractivity contribution in [1.29, 1.82) is 10.5 Å². The summed E-state index contributed by atoms with van der Waals surface area (Å²) in [6, 6.07) is 7.66. The summed E-state index contributed by atoms with van der Waals surface area (Å²) in [5.41, 5.74) is -4.77. The first-order valence-electron chi connectivity index (χ1n) is 6.31. The maximum atomic E-state index is 13.2. The van der Waals surface area contributed by atoms with Crippen molar-refractivity contribution in [3.8, 4) is 23.3 Å². The van der Waals surface area contributed by atoms with Crippen LogP contribution >= 0.6 is 0 Å². The molecule has 0 fully saturated rings. The van der Waals surface area contributed by atoms with Gasteiger partial charge in [0.25, 0.3) is 0 Å². The van der Waals surface area contributed by atoms with E-state index in [9.17, 15) is 26.3 Å². The smallest absolute Gasteiger partial charge is 0.192 e. The summed E-state index contributed by atoms with van der Waals surface area (Å²) in [5, 5.41) is 17.4. The monoisotopic (exact) mass is 340 g/mol. The minimum Gasteiger partial charge on any atom is -0.192 e. The molecule has 2 rings (SSSR count). The van der Waals surface area contributed by atoms with Crippen molar-refractivity contribution in [3.63, 3.8) is 0 Å². The highest BCUT2D eigenvalue weighted by Crippen LogP contribution is 2.43. The van der Waals surface area contributed by atoms with Crippen molar-refractivity contribution in [1.82, 2.24) is 0 Å². The van der Waals surface area contributed by atoms with Crippen LogP contribution < -0.4 is 0 Å². The lowest BCUT2D eigenvalue weighted by Gasteiger charge is -2.18. The summed E-state index contributed by atoms with van der Waals surface area (Å²) in [6.45, 7) is 0. The van der Waals surface area contributed by atoms with Crippen LogP contribution in [0.5, 0.6) is 0 Å². The summed E-state index contributed by atoms with van der Waals surface area (Å²) >= 11 is 0. The molecule has 122 valence electrons. The molecule has 2 aromatic carbocycles. The Labute approximate surface area is 132 Å². The van der Waals surface area contributed by atoms with Gasteiger partial charge in [-0.15, -0.1) is 0 Å². The molecule has 0 N–H and O–H groups in total. The molecule has 8 heteroatoms. The first-order chi connectivity index (χ1) is 11.1. The van der Waals surface area contributed by atoms with Gasteiger partial charge in [-0.1, -0.05) is 12.1 Å². The van der Waals surface area contributed by atoms with E-state index in [-0.39, 0.29) is 11.1 Å². The van der Waals surface area contributed by atoms with E-state index in [1.807, 2.05) is 0 Å². The molecule has 2 aromatic rings. The first kappa shape index (κ1) is 17.4. The molecule has 0 saturated heterocycles. The number of rotatable bonds is 1. The van der Waals surface area contributed by atoms with Gasteiger partial charge in [0.05, 0.1) is 34.4 Å². The molecule has 0 atom stereocenters. The minimum atomic E-state index is -4.95. The Morgan fingerprint density at radius 2 is 0.958 bits per heavy atom. The molecule has 0 heterocycles. The maximum Gasteiger partial charge on any atom is 0.417 e. The predicted molar refractivity (Wildman–Crippen MR) is 71.3 cm³/mol. The Hall–Kier alpha value is -3.00. The molecule has 0 amide bonds. The third kappa shape index (κ3) is 3.33. The third-order valence-corrected chi connectivity index (χ3v) is 3.20. The van der Waals surface area contributed by atoms with Crippen molar-refractivity contribution in [2.75, 3.05) is 0 Å². The number of nitriles is 2. The Morgan fingerprint density at radius 3 is 1.21 bits per heavy atom. The van der Waals surface area contributed by atoms with E-state index < -0.39 is 34.6 Å². The molecular weight excluding hydrogens is 334 g/mol. The van der Waals surface area contributed by atoms with Gasteiger partial charge in [-0.3, -0.25) is 0 Å². The van der Waals surface area contributed by atoms with E-state index in [1.54, 1.807) is 0 Å². The van der Waals surface area contributed by atoms with E-state index in [0.29, 0.717) is 12.1 Å². The quantitative estimate of drug-likeness (QED) is 0.675. The van der Waals surface area contributed by atoms with Gasteiger partial charge in [0.2, 0.25) is 0 Å². The fourth-order valence-electron chi connectivity index (χ4n) is 2.17. The van der Waals surface area contributed by atoms with Crippen LogP contribution in [0.15, 0.2) is 36.4 Å². The molecule has 0 aliphatic carbocycles. The van der Waals surface area contributed by atoms with Gasteiger partial charge in [0.15, 0.2) is 0 Å². The van der Waals surface area contributed by atoms with Gasteiger partial charge in [0.1, 0.15) is 0 Å². The van der Waals surface area contributed by atoms with Crippen LogP contribution in [0.3, 0.4) is 0 Å². The normalized spacial score (nSPS) is 11.7. The van der Waals surface area contributed by atoms with Gasteiger partial charge < -0.3 is 0 Å². The lowest BCUT2D eigenvalue weighted by Crippen LogP contribution is -2.12. The average Bonchev–Trinajstić information content (AvgIpc) is 2.52. The second-order valence-electron chi connectivity index (χ2n) is 4.74. The van der Waals surface area contributed by atoms with Crippen LogP contribution in [0.1, 0.15) is 22.3 Å². The summed E-state index contributed by atoms with van der Waals surface area (Å²) in [7, 11) is 0. The molecule has 0 saturated carbocycles. The fraction of sp³-hybridized carbons (Fsp3) is 0.125. The van der Waals surface area contributed by atoms with Gasteiger partial charge in [-0.05, 0) is 35.4 Å². The number of nitrogens with zero attached hydrogens (tertiary/aromatic N) is 2. The van der Waals surface area contributed by atoms with Crippen molar-refractivity contribution >= 4 is 0 Å². The SMILES string of the molecule is N#Cc1ccc(-c2ccc(C#N)cc2C(F)(F)F)c(C(F)(F)F)c1. The highest BCUT2D eigenvalue weighted by molar-refractivity contribution is 5.73. The molecule has 0 aliphatic heterocycles. The average molecular weight is 340 g/mol. The molecule has 0 spiro atoms. The lowest BCUT2D eigenvalue weighted by atomic mass is 9.92. The van der Waals surface area contributed by atoms with E-state index in [1.165, 1.54) is 12.1 Å². The maximum absolute atomic E-state index is 13.2. The van der Waals surface area contributed by atoms with Gasteiger partial charge >= 0.3 is 12.4 Å². The second kappa shape index (κ2) is 5.89. The predicted octanol–water partition coefficient (Wildman–Crippen LogP) is 5.13. The largest absolute Gasteiger partial charge is 0.417 e. The number of alkyl halides is 6. The zero-order chi connectivity index (χ0) is 18.1. The molecule has 0 aromatic heterocycles. The summed E-state index contributed by atoms with van der Waals surface area (Å²) < 4.78 is 79.1. The van der Waals surface area contributed by atoms with Crippen LogP contribution in [0.4, 0.5) is 26.3 Å². The molecule has 24 heavy (non-hydrogen) atoms. The van der Waals surface area contributed by atoms with Crippen molar-refractivity contribution in [2.24, 2.45) is 0 Å². The molecule has 0 radical (unpaired) electrons. The second-order valence-corrected chi connectivity index (χ2v) is 4.74. The Bertz CT molecular complexity index is 793. The fourth-order valence-corrected chi connectivity index (χ4v) is 2.17. The molecule has 0 bridgehead atoms. The van der Waals surface area contributed by atoms with Gasteiger partial charge in [0, 0.05) is 0 Å². The number of halogens is 6. The topological polar surface area (TPSA) is 47.6 Å². The van der Waals surface area contributed by atoms with E-state index in [4.69, 9.17) is 10.5 Å². The van der Waals surface area contributed by atoms with E-state index in [2.05, 4.69) is 0 Å². The van der Waals surface area contributed by atoms with Crippen LogP contribution in [0, 0.1) is 22.7 Å². The highest BCUT2D eigenvalue weighted by Gasteiger charge is 2.38. The van der Waals surface area contributed by atoms with Crippen LogP contribution in [0.2, 0.25) is 0 Å². The summed E-state index contributed by atoms with van der Waals surface area (Å²) in [6.07, 6.45) is -9.89. The highest BCUT2D eigenvalue weighted by atomic mass is 19.4. The number of benzene rings is 2. The Balaban J connectivity index is 2.83. The molecule has 0 aliphatic rings. The molecule has 0 unspecified atom stereocenters. The first-order valence-corrected chi connectivity index (χ1v) is 6.31. The lowest BCUT2D eigenvalue weighted by molar-refractivity contribution is -0.139. The summed E-state index contributed by atoms with van der Waals surface area (Å²) in [5.74, 6) is 0. The van der Waals surface area contributed by atoms with Crippen LogP contribution in [-0.4, -0.2) is 0 Å². The van der Waals surface area contributed by atoms with Crippen molar-refractivity contribution < 1.29 is 26.3 Å². The summed E-state index contributed by atoms with van der Waals surface area (Å²) in [4.78, 5) is 0.